The van der Waals surface area contributed by atoms with E-state index in [0.29, 0.717) is 10.4 Å². The molecule has 3 aromatic rings. The van der Waals surface area contributed by atoms with Crippen molar-refractivity contribution in [3.63, 3.8) is 0 Å². The third-order valence-corrected chi connectivity index (χ3v) is 4.31. The highest BCUT2D eigenvalue weighted by Gasteiger charge is 2.20. The standard InChI is InChI=1S/C16H13NO3S/c1-9-2-3-10-8-11(4-5-13(10)17-9)14(18)15-12(16(19)20)6-7-21-15/h2-8,14,18H,1H3,(H,19,20). The molecule has 0 saturated carbocycles. The van der Waals surface area contributed by atoms with Crippen molar-refractivity contribution >= 4 is 28.2 Å². The Balaban J connectivity index is 2.05. The van der Waals surface area contributed by atoms with Crippen molar-refractivity contribution in [2.45, 2.75) is 13.0 Å². The molecule has 0 amide bonds. The molecular weight excluding hydrogens is 286 g/mol. The lowest BCUT2D eigenvalue weighted by atomic mass is 10.0. The number of pyridine rings is 1. The van der Waals surface area contributed by atoms with E-state index in [4.69, 9.17) is 5.11 Å². The summed E-state index contributed by atoms with van der Waals surface area (Å²) in [7, 11) is 0. The highest BCUT2D eigenvalue weighted by atomic mass is 32.1. The van der Waals surface area contributed by atoms with Gasteiger partial charge in [-0.3, -0.25) is 4.98 Å². The minimum atomic E-state index is -1.02. The van der Waals surface area contributed by atoms with Gasteiger partial charge in [0, 0.05) is 11.1 Å². The smallest absolute Gasteiger partial charge is 0.336 e. The number of aromatic carboxylic acids is 1. The summed E-state index contributed by atoms with van der Waals surface area (Å²) >= 11 is 1.24. The second-order valence-electron chi connectivity index (χ2n) is 4.81. The number of hydrogen-bond donors (Lipinski definition) is 2. The van der Waals surface area contributed by atoms with E-state index in [9.17, 15) is 9.90 Å². The fourth-order valence-electron chi connectivity index (χ4n) is 2.28. The van der Waals surface area contributed by atoms with Gasteiger partial charge in [0.05, 0.1) is 16.0 Å². The molecule has 0 saturated heterocycles. The van der Waals surface area contributed by atoms with E-state index >= 15 is 0 Å². The molecule has 21 heavy (non-hydrogen) atoms. The number of aryl methyl sites for hydroxylation is 1. The van der Waals surface area contributed by atoms with Crippen molar-refractivity contribution in [1.82, 2.24) is 4.98 Å². The van der Waals surface area contributed by atoms with Crippen LogP contribution in [0.2, 0.25) is 0 Å². The van der Waals surface area contributed by atoms with E-state index in [1.165, 1.54) is 17.4 Å². The Kier molecular flexibility index (Phi) is 3.45. The summed E-state index contributed by atoms with van der Waals surface area (Å²) in [6.45, 7) is 1.92. The monoisotopic (exact) mass is 299 g/mol. The van der Waals surface area contributed by atoms with Crippen molar-refractivity contribution in [2.75, 3.05) is 0 Å². The number of benzene rings is 1. The maximum atomic E-state index is 11.2. The van der Waals surface area contributed by atoms with Crippen molar-refractivity contribution < 1.29 is 15.0 Å². The van der Waals surface area contributed by atoms with Crippen molar-refractivity contribution in [3.05, 3.63) is 63.5 Å². The second kappa shape index (κ2) is 5.27. The fourth-order valence-corrected chi connectivity index (χ4v) is 3.17. The van der Waals surface area contributed by atoms with Crippen LogP contribution in [0.3, 0.4) is 0 Å². The largest absolute Gasteiger partial charge is 0.478 e. The molecule has 2 aromatic heterocycles. The minimum absolute atomic E-state index is 0.148. The lowest BCUT2D eigenvalue weighted by Gasteiger charge is -2.11. The normalized spacial score (nSPS) is 12.5. The Morgan fingerprint density at radius 3 is 2.81 bits per heavy atom. The summed E-state index contributed by atoms with van der Waals surface area (Å²) in [5.74, 6) is -1.02. The predicted octanol–water partition coefficient (Wildman–Crippen LogP) is 3.38. The maximum Gasteiger partial charge on any atom is 0.336 e. The van der Waals surface area contributed by atoms with Crippen molar-refractivity contribution in [2.24, 2.45) is 0 Å². The Morgan fingerprint density at radius 1 is 1.24 bits per heavy atom. The Labute approximate surface area is 125 Å². The number of carboxylic acid groups (broad SMARTS) is 1. The highest BCUT2D eigenvalue weighted by Crippen LogP contribution is 2.31. The van der Waals surface area contributed by atoms with Gasteiger partial charge in [0.1, 0.15) is 6.10 Å². The maximum absolute atomic E-state index is 11.2. The molecule has 4 nitrogen and oxygen atoms in total. The zero-order valence-electron chi connectivity index (χ0n) is 11.3. The molecule has 5 heteroatoms. The van der Waals surface area contributed by atoms with Crippen LogP contribution >= 0.6 is 11.3 Å². The zero-order valence-corrected chi connectivity index (χ0v) is 12.1. The first-order valence-electron chi connectivity index (χ1n) is 6.42. The summed E-state index contributed by atoms with van der Waals surface area (Å²) in [6.07, 6.45) is -0.943. The number of nitrogens with zero attached hydrogens (tertiary/aromatic N) is 1. The molecule has 1 aromatic carbocycles. The molecule has 1 unspecified atom stereocenters. The van der Waals surface area contributed by atoms with Gasteiger partial charge in [0.25, 0.3) is 0 Å². The SMILES string of the molecule is Cc1ccc2cc(C(O)c3sccc3C(=O)O)ccc2n1. The molecule has 0 radical (unpaired) electrons. The fraction of sp³-hybridized carbons (Fsp3) is 0.125. The number of carboxylic acids is 1. The van der Waals surface area contributed by atoms with E-state index in [2.05, 4.69) is 4.98 Å². The van der Waals surface area contributed by atoms with Gasteiger partial charge in [0.15, 0.2) is 0 Å². The molecular formula is C16H13NO3S. The second-order valence-corrected chi connectivity index (χ2v) is 5.76. The lowest BCUT2D eigenvalue weighted by molar-refractivity contribution is 0.0692. The molecule has 0 bridgehead atoms. The molecule has 1 atom stereocenters. The van der Waals surface area contributed by atoms with Crippen LogP contribution in [0.15, 0.2) is 41.8 Å². The molecule has 2 heterocycles. The van der Waals surface area contributed by atoms with E-state index in [0.717, 1.165) is 16.6 Å². The van der Waals surface area contributed by atoms with Crippen LogP contribution in [0.1, 0.15) is 32.6 Å². The summed E-state index contributed by atoms with van der Waals surface area (Å²) in [5.41, 5.74) is 2.60. The summed E-state index contributed by atoms with van der Waals surface area (Å²) < 4.78 is 0. The van der Waals surface area contributed by atoms with Crippen LogP contribution in [0.5, 0.6) is 0 Å². The number of carbonyl (C=O) groups is 1. The number of aliphatic hydroxyl groups excluding tert-OH is 1. The van der Waals surface area contributed by atoms with Gasteiger partial charge in [0.2, 0.25) is 0 Å². The Bertz CT molecular complexity index is 825. The van der Waals surface area contributed by atoms with Crippen LogP contribution in [-0.4, -0.2) is 21.2 Å². The van der Waals surface area contributed by atoms with E-state index in [1.807, 2.05) is 31.2 Å². The highest BCUT2D eigenvalue weighted by molar-refractivity contribution is 7.10. The molecule has 0 aliphatic carbocycles. The number of rotatable bonds is 3. The van der Waals surface area contributed by atoms with Crippen LogP contribution < -0.4 is 0 Å². The number of fused-ring (bicyclic) bond motifs is 1. The molecule has 2 N–H and O–H groups in total. The molecule has 0 spiro atoms. The molecule has 0 fully saturated rings. The van der Waals surface area contributed by atoms with Gasteiger partial charge in [-0.25, -0.2) is 4.79 Å². The average molecular weight is 299 g/mol. The minimum Gasteiger partial charge on any atom is -0.478 e. The van der Waals surface area contributed by atoms with E-state index in [1.54, 1.807) is 11.4 Å². The first-order chi connectivity index (χ1) is 10.1. The quantitative estimate of drug-likeness (QED) is 0.777. The van der Waals surface area contributed by atoms with Crippen LogP contribution in [0.4, 0.5) is 0 Å². The van der Waals surface area contributed by atoms with Gasteiger partial charge in [-0.05, 0) is 42.1 Å². The van der Waals surface area contributed by atoms with Crippen molar-refractivity contribution in [3.8, 4) is 0 Å². The molecule has 106 valence electrons. The van der Waals surface area contributed by atoms with Gasteiger partial charge in [-0.1, -0.05) is 12.1 Å². The molecule has 0 aliphatic rings. The third kappa shape index (κ3) is 2.53. The average Bonchev–Trinajstić information content (AvgIpc) is 2.95. The number of hydrogen-bond acceptors (Lipinski definition) is 4. The first kappa shape index (κ1) is 13.7. The van der Waals surface area contributed by atoms with Gasteiger partial charge in [-0.2, -0.15) is 0 Å². The summed E-state index contributed by atoms with van der Waals surface area (Å²) in [4.78, 5) is 16.0. The van der Waals surface area contributed by atoms with E-state index in [-0.39, 0.29) is 5.56 Å². The van der Waals surface area contributed by atoms with Gasteiger partial charge >= 0.3 is 5.97 Å². The number of aliphatic hydroxyl groups is 1. The molecule has 3 rings (SSSR count). The third-order valence-electron chi connectivity index (χ3n) is 3.34. The van der Waals surface area contributed by atoms with Gasteiger partial charge in [-0.15, -0.1) is 11.3 Å². The van der Waals surface area contributed by atoms with Crippen LogP contribution in [0.25, 0.3) is 10.9 Å². The topological polar surface area (TPSA) is 70.4 Å². The number of thiophene rings is 1. The van der Waals surface area contributed by atoms with Crippen LogP contribution in [-0.2, 0) is 0 Å². The Morgan fingerprint density at radius 2 is 2.05 bits per heavy atom. The predicted molar refractivity (Wildman–Crippen MR) is 81.8 cm³/mol. The lowest BCUT2D eigenvalue weighted by Crippen LogP contribution is -2.04. The first-order valence-corrected chi connectivity index (χ1v) is 7.30. The van der Waals surface area contributed by atoms with Crippen LogP contribution in [0, 0.1) is 6.92 Å². The summed E-state index contributed by atoms with van der Waals surface area (Å²) in [6, 6.07) is 10.8. The Hall–Kier alpha value is -2.24. The van der Waals surface area contributed by atoms with Crippen molar-refractivity contribution in [1.29, 1.82) is 0 Å². The molecule has 0 aliphatic heterocycles. The zero-order chi connectivity index (χ0) is 15.0. The number of aromatic nitrogens is 1. The van der Waals surface area contributed by atoms with E-state index < -0.39 is 12.1 Å². The van der Waals surface area contributed by atoms with Gasteiger partial charge < -0.3 is 10.2 Å². The summed E-state index contributed by atoms with van der Waals surface area (Å²) in [5, 5.41) is 22.2.